The molecule has 2 nitrogen and oxygen atoms in total. The van der Waals surface area contributed by atoms with Crippen molar-refractivity contribution in [3.63, 3.8) is 0 Å². The SMILES string of the molecule is O=C(NCCCCCCl)c1ccc(Br)cc1. The fourth-order valence-corrected chi connectivity index (χ4v) is 1.75. The predicted molar refractivity (Wildman–Crippen MR) is 71.0 cm³/mol. The second kappa shape index (κ2) is 7.69. The van der Waals surface area contributed by atoms with Crippen molar-refractivity contribution in [2.75, 3.05) is 12.4 Å². The number of carbonyl (C=O) groups is 1. The van der Waals surface area contributed by atoms with Crippen molar-refractivity contribution in [2.24, 2.45) is 0 Å². The average molecular weight is 305 g/mol. The van der Waals surface area contributed by atoms with Crippen LogP contribution in [0.4, 0.5) is 0 Å². The largest absolute Gasteiger partial charge is 0.352 e. The minimum atomic E-state index is -0.0154. The molecule has 0 aliphatic rings. The zero-order valence-electron chi connectivity index (χ0n) is 9.01. The van der Waals surface area contributed by atoms with E-state index in [1.54, 1.807) is 12.1 Å². The highest BCUT2D eigenvalue weighted by Gasteiger charge is 2.03. The Morgan fingerprint density at radius 3 is 2.50 bits per heavy atom. The number of unbranched alkanes of at least 4 members (excludes halogenated alkanes) is 2. The normalized spacial score (nSPS) is 10.1. The average Bonchev–Trinajstić information content (AvgIpc) is 2.29. The van der Waals surface area contributed by atoms with Gasteiger partial charge in [-0.15, -0.1) is 11.6 Å². The molecule has 0 saturated heterocycles. The first-order valence-electron chi connectivity index (χ1n) is 5.34. The first-order chi connectivity index (χ1) is 7.74. The minimum absolute atomic E-state index is 0.0154. The summed E-state index contributed by atoms with van der Waals surface area (Å²) in [6, 6.07) is 7.33. The van der Waals surface area contributed by atoms with Gasteiger partial charge in [0.25, 0.3) is 5.91 Å². The summed E-state index contributed by atoms with van der Waals surface area (Å²) in [7, 11) is 0. The number of halogens is 2. The summed E-state index contributed by atoms with van der Waals surface area (Å²) in [6.07, 6.45) is 3.05. The lowest BCUT2D eigenvalue weighted by Gasteiger charge is -2.04. The number of amides is 1. The van der Waals surface area contributed by atoms with Gasteiger partial charge < -0.3 is 5.32 Å². The third-order valence-electron chi connectivity index (χ3n) is 2.20. The van der Waals surface area contributed by atoms with Crippen LogP contribution in [0.3, 0.4) is 0 Å². The molecule has 1 N–H and O–H groups in total. The van der Waals surface area contributed by atoms with Crippen LogP contribution < -0.4 is 5.32 Å². The Bertz CT molecular complexity index is 326. The Hall–Kier alpha value is -0.540. The number of alkyl halides is 1. The molecule has 16 heavy (non-hydrogen) atoms. The zero-order chi connectivity index (χ0) is 11.8. The summed E-state index contributed by atoms with van der Waals surface area (Å²) in [5.41, 5.74) is 0.695. The molecule has 0 radical (unpaired) electrons. The lowest BCUT2D eigenvalue weighted by atomic mass is 10.2. The molecule has 1 amide bonds. The van der Waals surface area contributed by atoms with E-state index in [4.69, 9.17) is 11.6 Å². The molecule has 0 fully saturated rings. The van der Waals surface area contributed by atoms with Gasteiger partial charge in [0.05, 0.1) is 0 Å². The summed E-state index contributed by atoms with van der Waals surface area (Å²) in [6.45, 7) is 0.714. The smallest absolute Gasteiger partial charge is 0.251 e. The zero-order valence-corrected chi connectivity index (χ0v) is 11.4. The number of benzene rings is 1. The monoisotopic (exact) mass is 303 g/mol. The molecule has 1 rings (SSSR count). The van der Waals surface area contributed by atoms with Crippen LogP contribution in [0.1, 0.15) is 29.6 Å². The minimum Gasteiger partial charge on any atom is -0.352 e. The van der Waals surface area contributed by atoms with Crippen LogP contribution in [0.2, 0.25) is 0 Å². The Labute approximate surface area is 110 Å². The van der Waals surface area contributed by atoms with Gasteiger partial charge in [-0.3, -0.25) is 4.79 Å². The second-order valence-electron chi connectivity index (χ2n) is 3.51. The fraction of sp³-hybridized carbons (Fsp3) is 0.417. The highest BCUT2D eigenvalue weighted by Crippen LogP contribution is 2.10. The molecule has 0 aromatic heterocycles. The van der Waals surface area contributed by atoms with Gasteiger partial charge in [-0.25, -0.2) is 0 Å². The van der Waals surface area contributed by atoms with Gasteiger partial charge in [-0.05, 0) is 37.1 Å². The van der Waals surface area contributed by atoms with Gasteiger partial charge >= 0.3 is 0 Å². The van der Waals surface area contributed by atoms with Crippen LogP contribution in [-0.4, -0.2) is 18.3 Å². The van der Waals surface area contributed by atoms with Crippen molar-refractivity contribution in [3.05, 3.63) is 34.3 Å². The van der Waals surface area contributed by atoms with Gasteiger partial charge in [0.15, 0.2) is 0 Å². The maximum atomic E-state index is 11.6. The summed E-state index contributed by atoms with van der Waals surface area (Å²) in [4.78, 5) is 11.6. The highest BCUT2D eigenvalue weighted by atomic mass is 79.9. The molecule has 4 heteroatoms. The molecule has 0 heterocycles. The predicted octanol–water partition coefficient (Wildman–Crippen LogP) is 3.59. The van der Waals surface area contributed by atoms with Gasteiger partial charge in [0.1, 0.15) is 0 Å². The van der Waals surface area contributed by atoms with E-state index in [0.29, 0.717) is 18.0 Å². The van der Waals surface area contributed by atoms with Crippen molar-refractivity contribution in [2.45, 2.75) is 19.3 Å². The maximum Gasteiger partial charge on any atom is 0.251 e. The topological polar surface area (TPSA) is 29.1 Å². The van der Waals surface area contributed by atoms with Crippen LogP contribution in [0.15, 0.2) is 28.7 Å². The molecule has 1 aromatic carbocycles. The first-order valence-corrected chi connectivity index (χ1v) is 6.66. The van der Waals surface area contributed by atoms with Crippen LogP contribution in [0.25, 0.3) is 0 Å². The van der Waals surface area contributed by atoms with Crippen LogP contribution in [-0.2, 0) is 0 Å². The number of hydrogen-bond donors (Lipinski definition) is 1. The second-order valence-corrected chi connectivity index (χ2v) is 4.81. The number of nitrogens with one attached hydrogen (secondary N) is 1. The van der Waals surface area contributed by atoms with E-state index in [-0.39, 0.29) is 5.91 Å². The lowest BCUT2D eigenvalue weighted by Crippen LogP contribution is -2.24. The number of rotatable bonds is 6. The maximum absolute atomic E-state index is 11.6. The van der Waals surface area contributed by atoms with E-state index in [2.05, 4.69) is 21.2 Å². The third kappa shape index (κ3) is 4.99. The van der Waals surface area contributed by atoms with Gasteiger partial charge in [-0.1, -0.05) is 22.4 Å². The highest BCUT2D eigenvalue weighted by molar-refractivity contribution is 9.10. The van der Waals surface area contributed by atoms with E-state index in [1.165, 1.54) is 0 Å². The van der Waals surface area contributed by atoms with E-state index >= 15 is 0 Å². The van der Waals surface area contributed by atoms with Crippen LogP contribution >= 0.6 is 27.5 Å². The third-order valence-corrected chi connectivity index (χ3v) is 3.00. The molecule has 0 atom stereocenters. The molecule has 0 unspecified atom stereocenters. The van der Waals surface area contributed by atoms with Crippen LogP contribution in [0, 0.1) is 0 Å². The van der Waals surface area contributed by atoms with E-state index < -0.39 is 0 Å². The Kier molecular flexibility index (Phi) is 6.50. The van der Waals surface area contributed by atoms with Crippen LogP contribution in [0.5, 0.6) is 0 Å². The fourth-order valence-electron chi connectivity index (χ4n) is 1.30. The molecule has 88 valence electrons. The van der Waals surface area contributed by atoms with Crippen molar-refractivity contribution in [1.82, 2.24) is 5.32 Å². The van der Waals surface area contributed by atoms with Gasteiger partial charge in [0, 0.05) is 22.5 Å². The molecule has 0 spiro atoms. The van der Waals surface area contributed by atoms with E-state index in [9.17, 15) is 4.79 Å². The number of hydrogen-bond acceptors (Lipinski definition) is 1. The first kappa shape index (κ1) is 13.5. The molecular formula is C12H15BrClNO. The Morgan fingerprint density at radius 1 is 1.19 bits per heavy atom. The summed E-state index contributed by atoms with van der Waals surface area (Å²) < 4.78 is 0.978. The molecule has 0 aliphatic heterocycles. The van der Waals surface area contributed by atoms with Crippen molar-refractivity contribution >= 4 is 33.4 Å². The number of carbonyl (C=O) groups excluding carboxylic acids is 1. The Balaban J connectivity index is 2.27. The van der Waals surface area contributed by atoms with Gasteiger partial charge in [0.2, 0.25) is 0 Å². The van der Waals surface area contributed by atoms with E-state index in [1.807, 2.05) is 12.1 Å². The summed E-state index contributed by atoms with van der Waals surface area (Å²) in [5, 5.41) is 2.88. The standard InChI is InChI=1S/C12H15BrClNO/c13-11-6-4-10(5-7-11)12(16)15-9-3-1-2-8-14/h4-7H,1-3,8-9H2,(H,15,16). The molecule has 0 aliphatic carbocycles. The molecule has 1 aromatic rings. The van der Waals surface area contributed by atoms with E-state index in [0.717, 1.165) is 23.7 Å². The summed E-state index contributed by atoms with van der Waals surface area (Å²) in [5.74, 6) is 0.680. The molecule has 0 bridgehead atoms. The lowest BCUT2D eigenvalue weighted by molar-refractivity contribution is 0.0953. The molecule has 0 saturated carbocycles. The quantitative estimate of drug-likeness (QED) is 0.631. The Morgan fingerprint density at radius 2 is 1.88 bits per heavy atom. The van der Waals surface area contributed by atoms with Crippen molar-refractivity contribution in [3.8, 4) is 0 Å². The van der Waals surface area contributed by atoms with Crippen molar-refractivity contribution in [1.29, 1.82) is 0 Å². The van der Waals surface area contributed by atoms with Gasteiger partial charge in [-0.2, -0.15) is 0 Å². The summed E-state index contributed by atoms with van der Waals surface area (Å²) >= 11 is 8.89. The molecular weight excluding hydrogens is 289 g/mol. The van der Waals surface area contributed by atoms with Crippen molar-refractivity contribution < 1.29 is 4.79 Å².